The van der Waals surface area contributed by atoms with Gasteiger partial charge in [-0.3, -0.25) is 14.5 Å². The number of hydrogen-bond donors (Lipinski definition) is 1. The SMILES string of the molecule is CCCc1cc(Cl)ccc1C1COc2ccc3cc2N(C1)CC1CCC1C(CN1CCN(C(C)C)C(=O)C1)/C=C/CC(C)C(C)S(=O)(=O)NC3=O. The van der Waals surface area contributed by atoms with Crippen molar-refractivity contribution < 1.29 is 22.7 Å². The molecule has 51 heavy (non-hydrogen) atoms. The number of carbonyl (C=O) groups excluding carboxylic acids is 2. The highest BCUT2D eigenvalue weighted by atomic mass is 35.5. The van der Waals surface area contributed by atoms with E-state index in [2.05, 4.69) is 59.6 Å². The zero-order chi connectivity index (χ0) is 36.4. The number of nitrogens with one attached hydrogen (secondary N) is 1. The van der Waals surface area contributed by atoms with Crippen molar-refractivity contribution in [3.63, 3.8) is 0 Å². The molecule has 278 valence electrons. The Bertz CT molecular complexity index is 1730. The minimum Gasteiger partial charge on any atom is -0.491 e. The number of allylic oxidation sites excluding steroid dienone is 1. The van der Waals surface area contributed by atoms with Gasteiger partial charge in [-0.1, -0.05) is 50.1 Å². The van der Waals surface area contributed by atoms with E-state index in [9.17, 15) is 18.0 Å². The van der Waals surface area contributed by atoms with Crippen LogP contribution in [0.3, 0.4) is 0 Å². The van der Waals surface area contributed by atoms with Crippen molar-refractivity contribution >= 4 is 39.1 Å². The molecular weight excluding hydrogens is 684 g/mol. The van der Waals surface area contributed by atoms with Crippen LogP contribution in [0.15, 0.2) is 48.6 Å². The van der Waals surface area contributed by atoms with Crippen LogP contribution in [-0.4, -0.2) is 87.2 Å². The molecule has 6 rings (SSSR count). The number of hydrogen-bond acceptors (Lipinski definition) is 7. The Kier molecular flexibility index (Phi) is 11.7. The van der Waals surface area contributed by atoms with Crippen LogP contribution < -0.4 is 14.4 Å². The Balaban J connectivity index is 1.36. The smallest absolute Gasteiger partial charge is 0.264 e. The summed E-state index contributed by atoms with van der Waals surface area (Å²) in [6.45, 7) is 14.7. The standard InChI is InChI=1S/C40H55ClN4O5S/c1-6-8-29-19-34(41)13-15-35(29)33-23-44-22-32-11-14-36(32)31(21-43-17-18-45(26(2)3)39(46)24-43)10-7-9-27(4)28(5)51(48,49)42-40(47)30-12-16-38(50-25-33)37(44)20-30/h7,10,12-13,15-16,19-20,26-28,31-33,36H,6,8-9,11,14,17-18,21-25H2,1-5H3,(H,42,47)/b10-7+. The van der Waals surface area contributed by atoms with Crippen LogP contribution in [0.1, 0.15) is 87.7 Å². The van der Waals surface area contributed by atoms with Gasteiger partial charge in [0.05, 0.1) is 24.1 Å². The number of fused-ring (bicyclic) bond motifs is 2. The third kappa shape index (κ3) is 8.44. The molecule has 9 nitrogen and oxygen atoms in total. The number of rotatable bonds is 6. The Morgan fingerprint density at radius 2 is 1.84 bits per heavy atom. The van der Waals surface area contributed by atoms with Gasteiger partial charge in [-0.05, 0) is 112 Å². The molecule has 3 aliphatic heterocycles. The van der Waals surface area contributed by atoms with Crippen LogP contribution in [0.25, 0.3) is 0 Å². The van der Waals surface area contributed by atoms with E-state index in [4.69, 9.17) is 16.3 Å². The Morgan fingerprint density at radius 3 is 2.55 bits per heavy atom. The highest BCUT2D eigenvalue weighted by Gasteiger charge is 2.40. The van der Waals surface area contributed by atoms with Gasteiger partial charge in [0.15, 0.2) is 0 Å². The van der Waals surface area contributed by atoms with Crippen molar-refractivity contribution in [2.45, 2.75) is 83.9 Å². The molecule has 3 heterocycles. The second-order valence-corrected chi connectivity index (χ2v) is 18.1. The number of ether oxygens (including phenoxy) is 1. The molecule has 6 atom stereocenters. The lowest BCUT2D eigenvalue weighted by Crippen LogP contribution is -2.54. The molecule has 0 aromatic heterocycles. The number of carbonyl (C=O) groups is 2. The van der Waals surface area contributed by atoms with E-state index < -0.39 is 21.2 Å². The lowest BCUT2D eigenvalue weighted by atomic mass is 9.66. The van der Waals surface area contributed by atoms with Crippen LogP contribution in [0.4, 0.5) is 5.69 Å². The maximum Gasteiger partial charge on any atom is 0.264 e. The maximum atomic E-state index is 13.5. The summed E-state index contributed by atoms with van der Waals surface area (Å²) in [6.07, 6.45) is 9.13. The molecule has 1 N–H and O–H groups in total. The van der Waals surface area contributed by atoms with Crippen molar-refractivity contribution in [3.05, 3.63) is 70.3 Å². The van der Waals surface area contributed by atoms with Gasteiger partial charge < -0.3 is 14.5 Å². The summed E-state index contributed by atoms with van der Waals surface area (Å²) in [5.74, 6) is 1.16. The number of sulfonamides is 1. The van der Waals surface area contributed by atoms with Crippen LogP contribution in [0.5, 0.6) is 5.75 Å². The van der Waals surface area contributed by atoms with Crippen LogP contribution in [0, 0.1) is 23.7 Å². The molecule has 1 aliphatic carbocycles. The molecule has 0 radical (unpaired) electrons. The van der Waals surface area contributed by atoms with E-state index in [1.807, 2.05) is 30.0 Å². The lowest BCUT2D eigenvalue weighted by molar-refractivity contribution is -0.138. The van der Waals surface area contributed by atoms with Gasteiger partial charge >= 0.3 is 0 Å². The quantitative estimate of drug-likeness (QED) is 0.338. The first kappa shape index (κ1) is 37.7. The molecule has 0 spiro atoms. The molecule has 1 saturated heterocycles. The van der Waals surface area contributed by atoms with Crippen LogP contribution >= 0.6 is 11.6 Å². The molecule has 2 aromatic rings. The summed E-state index contributed by atoms with van der Waals surface area (Å²) < 4.78 is 35.8. The number of anilines is 1. The number of halogens is 1. The van der Waals surface area contributed by atoms with Gasteiger partial charge in [0.25, 0.3) is 5.91 Å². The fraction of sp³-hybridized carbons (Fsp3) is 0.600. The van der Waals surface area contributed by atoms with Crippen LogP contribution in [-0.2, 0) is 21.2 Å². The molecular formula is C40H55ClN4O5S. The van der Waals surface area contributed by atoms with Gasteiger partial charge in [-0.25, -0.2) is 13.1 Å². The first-order valence-electron chi connectivity index (χ1n) is 18.9. The number of aryl methyl sites for hydroxylation is 1. The third-order valence-electron chi connectivity index (χ3n) is 11.8. The highest BCUT2D eigenvalue weighted by molar-refractivity contribution is 7.90. The van der Waals surface area contributed by atoms with E-state index in [0.717, 1.165) is 62.6 Å². The number of amides is 2. The summed E-state index contributed by atoms with van der Waals surface area (Å²) >= 11 is 6.46. The average Bonchev–Trinajstić information content (AvgIpc) is 3.24. The molecule has 2 bridgehead atoms. The van der Waals surface area contributed by atoms with Gasteiger partial charge in [0.1, 0.15) is 5.75 Å². The van der Waals surface area contributed by atoms with E-state index >= 15 is 0 Å². The van der Waals surface area contributed by atoms with Gasteiger partial charge in [0, 0.05) is 55.3 Å². The summed E-state index contributed by atoms with van der Waals surface area (Å²) in [7, 11) is -3.94. The summed E-state index contributed by atoms with van der Waals surface area (Å²) in [6, 6.07) is 11.6. The van der Waals surface area contributed by atoms with E-state index in [1.165, 1.54) is 11.1 Å². The fourth-order valence-electron chi connectivity index (χ4n) is 8.44. The molecule has 2 aromatic carbocycles. The molecule has 4 aliphatic rings. The molecule has 11 heteroatoms. The minimum atomic E-state index is -3.94. The van der Waals surface area contributed by atoms with Crippen molar-refractivity contribution in [1.29, 1.82) is 0 Å². The molecule has 2 fully saturated rings. The molecule has 6 unspecified atom stereocenters. The number of nitrogens with zero attached hydrogens (tertiary/aromatic N) is 3. The molecule has 1 saturated carbocycles. The second-order valence-electron chi connectivity index (χ2n) is 15.6. The van der Waals surface area contributed by atoms with Crippen molar-refractivity contribution in [3.8, 4) is 5.75 Å². The molecule has 2 amide bonds. The van der Waals surface area contributed by atoms with Gasteiger partial charge in [0.2, 0.25) is 15.9 Å². The minimum absolute atomic E-state index is 0.0688. The van der Waals surface area contributed by atoms with Crippen molar-refractivity contribution in [2.24, 2.45) is 23.7 Å². The predicted octanol–water partition coefficient (Wildman–Crippen LogP) is 6.51. The Labute approximate surface area is 309 Å². The van der Waals surface area contributed by atoms with Crippen molar-refractivity contribution in [2.75, 3.05) is 50.8 Å². The predicted molar refractivity (Wildman–Crippen MR) is 204 cm³/mol. The highest BCUT2D eigenvalue weighted by Crippen LogP contribution is 2.45. The zero-order valence-electron chi connectivity index (χ0n) is 30.8. The summed E-state index contributed by atoms with van der Waals surface area (Å²) in [5, 5.41) is -0.0446. The third-order valence-corrected chi connectivity index (χ3v) is 14.0. The monoisotopic (exact) mass is 738 g/mol. The fourth-order valence-corrected chi connectivity index (χ4v) is 9.92. The van der Waals surface area contributed by atoms with E-state index in [1.54, 1.807) is 13.0 Å². The first-order valence-corrected chi connectivity index (χ1v) is 20.8. The first-order chi connectivity index (χ1) is 24.3. The zero-order valence-corrected chi connectivity index (χ0v) is 32.4. The largest absolute Gasteiger partial charge is 0.491 e. The Hall–Kier alpha value is -3.08. The topological polar surface area (TPSA) is 99.3 Å². The number of piperazine rings is 1. The second kappa shape index (κ2) is 15.9. The summed E-state index contributed by atoms with van der Waals surface area (Å²) in [5.41, 5.74) is 3.56. The normalized spacial score (nSPS) is 29.4. The van der Waals surface area contributed by atoms with Crippen LogP contribution in [0.2, 0.25) is 5.02 Å². The maximum absolute atomic E-state index is 13.5. The Morgan fingerprint density at radius 1 is 1.04 bits per heavy atom. The lowest BCUT2D eigenvalue weighted by Gasteiger charge is -2.46. The van der Waals surface area contributed by atoms with Gasteiger partial charge in [-0.15, -0.1) is 0 Å². The van der Waals surface area contributed by atoms with Gasteiger partial charge in [-0.2, -0.15) is 0 Å². The number of benzene rings is 2. The van der Waals surface area contributed by atoms with E-state index in [0.29, 0.717) is 49.3 Å². The van der Waals surface area contributed by atoms with E-state index in [-0.39, 0.29) is 29.7 Å². The summed E-state index contributed by atoms with van der Waals surface area (Å²) in [4.78, 5) is 33.2. The average molecular weight is 739 g/mol. The van der Waals surface area contributed by atoms with Crippen molar-refractivity contribution in [1.82, 2.24) is 14.5 Å².